The van der Waals surface area contributed by atoms with E-state index in [1.807, 2.05) is 20.8 Å². The molecule has 6 heteroatoms. The van der Waals surface area contributed by atoms with Crippen LogP contribution in [0.5, 0.6) is 0 Å². The molecular formula is C19H27NO4S. The molecule has 0 aromatic heterocycles. The third-order valence-corrected chi connectivity index (χ3v) is 5.49. The molecule has 1 aromatic rings. The zero-order valence-electron chi connectivity index (χ0n) is 15.1. The highest BCUT2D eigenvalue weighted by Crippen LogP contribution is 2.23. The second-order valence-corrected chi connectivity index (χ2v) is 9.12. The molecule has 138 valence electrons. The molecule has 1 fully saturated rings. The maximum Gasteiger partial charge on any atom is 0.410 e. The van der Waals surface area contributed by atoms with E-state index in [4.69, 9.17) is 4.74 Å². The van der Waals surface area contributed by atoms with Crippen LogP contribution in [-0.2, 0) is 14.6 Å². The summed E-state index contributed by atoms with van der Waals surface area (Å²) >= 11 is 0. The average molecular weight is 365 g/mol. The molecule has 25 heavy (non-hydrogen) atoms. The molecular weight excluding hydrogens is 338 g/mol. The molecule has 0 aliphatic carbocycles. The van der Waals surface area contributed by atoms with Gasteiger partial charge in [0.2, 0.25) is 0 Å². The van der Waals surface area contributed by atoms with Gasteiger partial charge in [0.25, 0.3) is 0 Å². The number of sulfone groups is 1. The van der Waals surface area contributed by atoms with Gasteiger partial charge < -0.3 is 9.64 Å². The Morgan fingerprint density at radius 2 is 1.92 bits per heavy atom. The van der Waals surface area contributed by atoms with E-state index in [0.717, 1.165) is 19.3 Å². The van der Waals surface area contributed by atoms with Crippen LogP contribution in [0.3, 0.4) is 0 Å². The molecule has 1 amide bonds. The van der Waals surface area contributed by atoms with Gasteiger partial charge in [-0.3, -0.25) is 0 Å². The van der Waals surface area contributed by atoms with Crippen molar-refractivity contribution in [2.75, 3.05) is 6.54 Å². The van der Waals surface area contributed by atoms with E-state index in [0.29, 0.717) is 13.0 Å². The van der Waals surface area contributed by atoms with E-state index >= 15 is 0 Å². The Kier molecular flexibility index (Phi) is 6.27. The first-order chi connectivity index (χ1) is 11.7. The highest BCUT2D eigenvalue weighted by atomic mass is 32.2. The number of amides is 1. The van der Waals surface area contributed by atoms with Crippen molar-refractivity contribution in [1.29, 1.82) is 0 Å². The SMILES string of the molecule is CC(C)(C)OC(=O)N1CCCCC1C/C=C/S(=O)(=O)c1ccccc1. The normalized spacial score (nSPS) is 19.2. The number of carbonyl (C=O) groups excluding carboxylic acids is 1. The molecule has 1 saturated heterocycles. The van der Waals surface area contributed by atoms with Gasteiger partial charge in [-0.25, -0.2) is 13.2 Å². The summed E-state index contributed by atoms with van der Waals surface area (Å²) in [6.07, 6.45) is 4.66. The smallest absolute Gasteiger partial charge is 0.410 e. The van der Waals surface area contributed by atoms with Gasteiger partial charge in [0.05, 0.1) is 4.90 Å². The number of piperidine rings is 1. The Labute approximate surface area is 150 Å². The maximum absolute atomic E-state index is 12.4. The van der Waals surface area contributed by atoms with Gasteiger partial charge in [0, 0.05) is 18.0 Å². The molecule has 0 radical (unpaired) electrons. The minimum atomic E-state index is -3.44. The molecule has 5 nitrogen and oxygen atoms in total. The molecule has 0 bridgehead atoms. The third kappa shape index (κ3) is 5.88. The largest absolute Gasteiger partial charge is 0.444 e. The van der Waals surface area contributed by atoms with Crippen LogP contribution in [0.2, 0.25) is 0 Å². The molecule has 1 aliphatic heterocycles. The van der Waals surface area contributed by atoms with E-state index in [1.165, 1.54) is 5.41 Å². The van der Waals surface area contributed by atoms with Crippen molar-refractivity contribution in [3.63, 3.8) is 0 Å². The van der Waals surface area contributed by atoms with E-state index in [1.54, 1.807) is 41.3 Å². The Bertz CT molecular complexity index is 705. The van der Waals surface area contributed by atoms with Crippen molar-refractivity contribution >= 4 is 15.9 Å². The van der Waals surface area contributed by atoms with Crippen molar-refractivity contribution in [2.45, 2.75) is 63.0 Å². The summed E-state index contributed by atoms with van der Waals surface area (Å²) < 4.78 is 30.0. The Balaban J connectivity index is 2.03. The number of carbonyl (C=O) groups is 1. The van der Waals surface area contributed by atoms with Gasteiger partial charge in [-0.15, -0.1) is 0 Å². The first kappa shape index (κ1) is 19.5. The second-order valence-electron chi connectivity index (χ2n) is 7.29. The van der Waals surface area contributed by atoms with Gasteiger partial charge in [-0.2, -0.15) is 0 Å². The van der Waals surface area contributed by atoms with E-state index in [-0.39, 0.29) is 17.0 Å². The Morgan fingerprint density at radius 3 is 2.56 bits per heavy atom. The highest BCUT2D eigenvalue weighted by molar-refractivity contribution is 7.94. The van der Waals surface area contributed by atoms with Crippen molar-refractivity contribution < 1.29 is 17.9 Å². The van der Waals surface area contributed by atoms with Gasteiger partial charge in [-0.05, 0) is 58.6 Å². The Morgan fingerprint density at radius 1 is 1.24 bits per heavy atom. The van der Waals surface area contributed by atoms with Crippen LogP contribution in [0.15, 0.2) is 46.7 Å². The molecule has 0 saturated carbocycles. The number of likely N-dealkylation sites (tertiary alicyclic amines) is 1. The lowest BCUT2D eigenvalue weighted by atomic mass is 10.00. The minimum absolute atomic E-state index is 0.0224. The van der Waals surface area contributed by atoms with Gasteiger partial charge in [-0.1, -0.05) is 24.3 Å². The minimum Gasteiger partial charge on any atom is -0.444 e. The first-order valence-electron chi connectivity index (χ1n) is 8.65. The third-order valence-electron chi connectivity index (χ3n) is 4.01. The van der Waals surface area contributed by atoms with E-state index in [2.05, 4.69) is 0 Å². The predicted octanol–water partition coefficient (Wildman–Crippen LogP) is 4.15. The molecule has 0 spiro atoms. The van der Waals surface area contributed by atoms with Crippen molar-refractivity contribution in [3.8, 4) is 0 Å². The maximum atomic E-state index is 12.4. The van der Waals surface area contributed by atoms with Crippen molar-refractivity contribution in [2.24, 2.45) is 0 Å². The number of hydrogen-bond donors (Lipinski definition) is 0. The molecule has 1 heterocycles. The zero-order valence-corrected chi connectivity index (χ0v) is 16.0. The van der Waals surface area contributed by atoms with Crippen LogP contribution in [0.1, 0.15) is 46.5 Å². The monoisotopic (exact) mass is 365 g/mol. The topological polar surface area (TPSA) is 63.7 Å². The summed E-state index contributed by atoms with van der Waals surface area (Å²) in [4.78, 5) is 14.4. The summed E-state index contributed by atoms with van der Waals surface area (Å²) in [5.41, 5.74) is -0.536. The molecule has 1 aliphatic rings. The average Bonchev–Trinajstić information content (AvgIpc) is 2.54. The van der Waals surface area contributed by atoms with Crippen LogP contribution >= 0.6 is 0 Å². The molecule has 1 aromatic carbocycles. The summed E-state index contributed by atoms with van der Waals surface area (Å²) in [6, 6.07) is 8.31. The number of ether oxygens (including phenoxy) is 1. The van der Waals surface area contributed by atoms with Gasteiger partial charge in [0.15, 0.2) is 9.84 Å². The molecule has 1 atom stereocenters. The molecule has 0 N–H and O–H groups in total. The van der Waals surface area contributed by atoms with Crippen LogP contribution in [0, 0.1) is 0 Å². The molecule has 1 unspecified atom stereocenters. The van der Waals surface area contributed by atoms with Crippen LogP contribution in [-0.4, -0.2) is 37.6 Å². The van der Waals surface area contributed by atoms with Crippen molar-refractivity contribution in [3.05, 3.63) is 41.8 Å². The lowest BCUT2D eigenvalue weighted by molar-refractivity contribution is 0.0102. The second kappa shape index (κ2) is 8.04. The summed E-state index contributed by atoms with van der Waals surface area (Å²) in [5.74, 6) is 0. The zero-order chi connectivity index (χ0) is 18.5. The fourth-order valence-electron chi connectivity index (χ4n) is 2.83. The molecule has 2 rings (SSSR count). The van der Waals surface area contributed by atoms with Gasteiger partial charge >= 0.3 is 6.09 Å². The number of benzene rings is 1. The fraction of sp³-hybridized carbons (Fsp3) is 0.526. The van der Waals surface area contributed by atoms with Crippen LogP contribution in [0.25, 0.3) is 0 Å². The number of rotatable bonds is 4. The van der Waals surface area contributed by atoms with E-state index < -0.39 is 15.4 Å². The highest BCUT2D eigenvalue weighted by Gasteiger charge is 2.29. The summed E-state index contributed by atoms with van der Waals surface area (Å²) in [5, 5.41) is 1.24. The predicted molar refractivity (Wildman–Crippen MR) is 98.0 cm³/mol. The van der Waals surface area contributed by atoms with Crippen LogP contribution in [0.4, 0.5) is 4.79 Å². The summed E-state index contributed by atoms with van der Waals surface area (Å²) in [6.45, 7) is 6.18. The van der Waals surface area contributed by atoms with Crippen molar-refractivity contribution in [1.82, 2.24) is 4.90 Å². The Hall–Kier alpha value is -1.82. The number of hydrogen-bond acceptors (Lipinski definition) is 4. The van der Waals surface area contributed by atoms with E-state index in [9.17, 15) is 13.2 Å². The fourth-order valence-corrected chi connectivity index (χ4v) is 3.89. The quantitative estimate of drug-likeness (QED) is 0.804. The first-order valence-corrected chi connectivity index (χ1v) is 10.2. The summed E-state index contributed by atoms with van der Waals surface area (Å²) in [7, 11) is -3.44. The van der Waals surface area contributed by atoms with Gasteiger partial charge in [0.1, 0.15) is 5.60 Å². The standard InChI is InChI=1S/C19H27NO4S/c1-19(2,3)24-18(21)20-14-8-7-10-16(20)11-9-15-25(22,23)17-12-5-4-6-13-17/h4-6,9,12-13,15-16H,7-8,10-11,14H2,1-3H3/b15-9+. The van der Waals surface area contributed by atoms with Crippen LogP contribution < -0.4 is 0 Å². The lowest BCUT2D eigenvalue weighted by Crippen LogP contribution is -2.45. The number of nitrogens with zero attached hydrogens (tertiary/aromatic N) is 1. The lowest BCUT2D eigenvalue weighted by Gasteiger charge is -2.36.